The molecular weight excluding hydrogens is 382 g/mol. The molecule has 2 aliphatic rings. The van der Waals surface area contributed by atoms with Gasteiger partial charge in [-0.1, -0.05) is 6.42 Å². The van der Waals surface area contributed by atoms with Crippen molar-refractivity contribution in [1.29, 1.82) is 0 Å². The highest BCUT2D eigenvalue weighted by atomic mass is 19.3. The van der Waals surface area contributed by atoms with E-state index < -0.39 is 24.9 Å². The second-order valence-electron chi connectivity index (χ2n) is 7.53. The molecule has 1 atom stereocenters. The number of carbonyl (C=O) groups is 2. The molecule has 0 bridgehead atoms. The molecule has 9 heteroatoms. The third kappa shape index (κ3) is 5.71. The van der Waals surface area contributed by atoms with Gasteiger partial charge in [0.15, 0.2) is 0 Å². The van der Waals surface area contributed by atoms with Crippen molar-refractivity contribution >= 4 is 23.2 Å². The number of halogens is 2. The van der Waals surface area contributed by atoms with Gasteiger partial charge in [0.25, 0.3) is 12.3 Å². The fourth-order valence-electron chi connectivity index (χ4n) is 3.68. The Morgan fingerprint density at radius 3 is 2.59 bits per heavy atom. The number of ether oxygens (including phenoxy) is 1. The van der Waals surface area contributed by atoms with E-state index in [0.29, 0.717) is 31.3 Å². The Balaban J connectivity index is 1.63. The number of benzene rings is 1. The number of hydrogen-bond acceptors (Lipinski definition) is 5. The molecule has 0 spiro atoms. The summed E-state index contributed by atoms with van der Waals surface area (Å²) >= 11 is 0. The minimum atomic E-state index is -2.53. The first kappa shape index (κ1) is 21.6. The molecule has 2 fully saturated rings. The highest BCUT2D eigenvalue weighted by molar-refractivity contribution is 5.97. The summed E-state index contributed by atoms with van der Waals surface area (Å²) in [6, 6.07) is 6.04. The number of hydrogen-bond donors (Lipinski definition) is 2. The van der Waals surface area contributed by atoms with Gasteiger partial charge in [0.1, 0.15) is 12.6 Å². The predicted octanol–water partition coefficient (Wildman–Crippen LogP) is 1.68. The van der Waals surface area contributed by atoms with E-state index in [-0.39, 0.29) is 19.1 Å². The molecule has 2 amide bonds. The lowest BCUT2D eigenvalue weighted by Crippen LogP contribution is -2.52. The fourth-order valence-corrected chi connectivity index (χ4v) is 3.68. The van der Waals surface area contributed by atoms with Crippen LogP contribution < -0.4 is 16.0 Å². The Bertz CT molecular complexity index is 697. The SMILES string of the molecule is NC[C@@H](C(=O)Nc1ccc(N2CCOCC2=O)cc1)N(CC(F)F)CC1CCC1. The number of amides is 2. The van der Waals surface area contributed by atoms with Gasteiger partial charge in [-0.2, -0.15) is 0 Å². The standard InChI is InChI=1S/C20H28F2N4O3/c21-18(22)12-25(11-14-2-1-3-14)17(10-23)20(28)24-15-4-6-16(7-5-15)26-8-9-29-13-19(26)27/h4-7,14,17-18H,1-3,8-13,23H2,(H,24,28)/t17-/m0/s1. The number of rotatable bonds is 9. The van der Waals surface area contributed by atoms with Crippen molar-refractivity contribution in [3.8, 4) is 0 Å². The first-order chi connectivity index (χ1) is 14.0. The van der Waals surface area contributed by atoms with Crippen LogP contribution in [-0.4, -0.2) is 68.6 Å². The number of nitrogens with zero attached hydrogens (tertiary/aromatic N) is 2. The molecule has 0 aromatic heterocycles. The lowest BCUT2D eigenvalue weighted by atomic mass is 9.85. The van der Waals surface area contributed by atoms with E-state index in [2.05, 4.69) is 5.32 Å². The van der Waals surface area contributed by atoms with Gasteiger partial charge >= 0.3 is 0 Å². The van der Waals surface area contributed by atoms with Crippen molar-refractivity contribution in [3.63, 3.8) is 0 Å². The van der Waals surface area contributed by atoms with Gasteiger partial charge in [-0.3, -0.25) is 14.5 Å². The highest BCUT2D eigenvalue weighted by Gasteiger charge is 2.31. The molecular formula is C20H28F2N4O3. The summed E-state index contributed by atoms with van der Waals surface area (Å²) in [5.41, 5.74) is 7.02. The Morgan fingerprint density at radius 1 is 1.31 bits per heavy atom. The number of nitrogens with one attached hydrogen (secondary N) is 1. The third-order valence-corrected chi connectivity index (χ3v) is 5.49. The Kier molecular flexibility index (Phi) is 7.51. The summed E-state index contributed by atoms with van der Waals surface area (Å²) in [5.74, 6) is -0.168. The van der Waals surface area contributed by atoms with Crippen LogP contribution in [0.5, 0.6) is 0 Å². The van der Waals surface area contributed by atoms with E-state index >= 15 is 0 Å². The summed E-state index contributed by atoms with van der Waals surface area (Å²) in [4.78, 5) is 27.8. The summed E-state index contributed by atoms with van der Waals surface area (Å²) in [6.07, 6.45) is 0.577. The first-order valence-electron chi connectivity index (χ1n) is 9.99. The highest BCUT2D eigenvalue weighted by Crippen LogP contribution is 2.28. The van der Waals surface area contributed by atoms with Crippen molar-refractivity contribution in [1.82, 2.24) is 4.90 Å². The van der Waals surface area contributed by atoms with Gasteiger partial charge in [-0.15, -0.1) is 0 Å². The quantitative estimate of drug-likeness (QED) is 0.647. The molecule has 160 valence electrons. The molecule has 1 saturated carbocycles. The van der Waals surface area contributed by atoms with E-state index in [9.17, 15) is 18.4 Å². The monoisotopic (exact) mass is 410 g/mol. The lowest BCUT2D eigenvalue weighted by molar-refractivity contribution is -0.125. The average molecular weight is 410 g/mol. The van der Waals surface area contributed by atoms with Gasteiger partial charge < -0.3 is 20.7 Å². The molecule has 0 unspecified atom stereocenters. The van der Waals surface area contributed by atoms with Crippen molar-refractivity contribution in [2.75, 3.05) is 49.6 Å². The zero-order valence-corrected chi connectivity index (χ0v) is 16.4. The summed E-state index contributed by atoms with van der Waals surface area (Å²) < 4.78 is 31.2. The summed E-state index contributed by atoms with van der Waals surface area (Å²) in [6.45, 7) is 0.956. The molecule has 1 aliphatic carbocycles. The van der Waals surface area contributed by atoms with Gasteiger partial charge in [0.2, 0.25) is 5.91 Å². The van der Waals surface area contributed by atoms with Crippen LogP contribution in [0.25, 0.3) is 0 Å². The zero-order valence-electron chi connectivity index (χ0n) is 16.4. The number of morpholine rings is 1. The normalized spacial score (nSPS) is 18.8. The molecule has 1 aliphatic heterocycles. The third-order valence-electron chi connectivity index (χ3n) is 5.49. The van der Waals surface area contributed by atoms with Gasteiger partial charge in [0, 0.05) is 31.0 Å². The maximum Gasteiger partial charge on any atom is 0.253 e. The smallest absolute Gasteiger partial charge is 0.253 e. The van der Waals surface area contributed by atoms with Crippen LogP contribution >= 0.6 is 0 Å². The lowest BCUT2D eigenvalue weighted by Gasteiger charge is -2.36. The molecule has 1 aromatic rings. The van der Waals surface area contributed by atoms with Crippen molar-refractivity contribution in [2.45, 2.75) is 31.7 Å². The van der Waals surface area contributed by atoms with E-state index in [0.717, 1.165) is 24.9 Å². The number of anilines is 2. The minimum absolute atomic E-state index is 0.0361. The maximum absolute atomic E-state index is 13.0. The van der Waals surface area contributed by atoms with E-state index in [1.54, 1.807) is 29.2 Å². The largest absolute Gasteiger partial charge is 0.370 e. The topological polar surface area (TPSA) is 87.9 Å². The molecule has 3 N–H and O–H groups in total. The predicted molar refractivity (Wildman–Crippen MR) is 106 cm³/mol. The van der Waals surface area contributed by atoms with E-state index in [1.807, 2.05) is 0 Å². The molecule has 7 nitrogen and oxygen atoms in total. The first-order valence-corrected chi connectivity index (χ1v) is 9.99. The number of alkyl halides is 2. The van der Waals surface area contributed by atoms with Crippen LogP contribution in [0.3, 0.4) is 0 Å². The fraction of sp³-hybridized carbons (Fsp3) is 0.600. The summed E-state index contributed by atoms with van der Waals surface area (Å²) in [5, 5.41) is 2.76. The van der Waals surface area contributed by atoms with Crippen LogP contribution in [0, 0.1) is 5.92 Å². The van der Waals surface area contributed by atoms with Crippen molar-refractivity contribution in [3.05, 3.63) is 24.3 Å². The summed E-state index contributed by atoms with van der Waals surface area (Å²) in [7, 11) is 0. The Hall–Kier alpha value is -2.10. The van der Waals surface area contributed by atoms with Crippen molar-refractivity contribution < 1.29 is 23.1 Å². The number of carbonyl (C=O) groups excluding carboxylic acids is 2. The van der Waals surface area contributed by atoms with Gasteiger partial charge in [-0.25, -0.2) is 8.78 Å². The van der Waals surface area contributed by atoms with Crippen LogP contribution in [0.2, 0.25) is 0 Å². The molecule has 1 saturated heterocycles. The average Bonchev–Trinajstić information content (AvgIpc) is 2.66. The van der Waals surface area contributed by atoms with Gasteiger partial charge in [-0.05, 0) is 43.0 Å². The van der Waals surface area contributed by atoms with Gasteiger partial charge in [0.05, 0.1) is 13.2 Å². The van der Waals surface area contributed by atoms with Crippen LogP contribution in [0.1, 0.15) is 19.3 Å². The second kappa shape index (κ2) is 10.1. The molecule has 3 rings (SSSR count). The molecule has 1 heterocycles. The zero-order chi connectivity index (χ0) is 20.8. The van der Waals surface area contributed by atoms with E-state index in [4.69, 9.17) is 10.5 Å². The maximum atomic E-state index is 13.0. The van der Waals surface area contributed by atoms with Crippen molar-refractivity contribution in [2.24, 2.45) is 11.7 Å². The second-order valence-corrected chi connectivity index (χ2v) is 7.53. The van der Waals surface area contributed by atoms with E-state index in [1.165, 1.54) is 4.90 Å². The van der Waals surface area contributed by atoms with Crippen LogP contribution in [-0.2, 0) is 14.3 Å². The Morgan fingerprint density at radius 2 is 2.03 bits per heavy atom. The minimum Gasteiger partial charge on any atom is -0.370 e. The molecule has 0 radical (unpaired) electrons. The van der Waals surface area contributed by atoms with Crippen LogP contribution in [0.15, 0.2) is 24.3 Å². The number of nitrogens with two attached hydrogens (primary N) is 1. The van der Waals surface area contributed by atoms with Crippen LogP contribution in [0.4, 0.5) is 20.2 Å². The Labute approximate surface area is 169 Å². The molecule has 29 heavy (non-hydrogen) atoms. The molecule has 1 aromatic carbocycles.